The van der Waals surface area contributed by atoms with Crippen LogP contribution in [0.2, 0.25) is 0 Å². The number of hydrogen-bond donors (Lipinski definition) is 2. The number of hydrogen-bond acceptors (Lipinski definition) is 4. The number of halogens is 1. The lowest BCUT2D eigenvalue weighted by Gasteiger charge is -2.02. The van der Waals surface area contributed by atoms with Crippen LogP contribution in [-0.2, 0) is 9.47 Å². The van der Waals surface area contributed by atoms with E-state index in [9.17, 15) is 4.48 Å². The maximum atomic E-state index is 11.2. The van der Waals surface area contributed by atoms with Crippen LogP contribution in [0.4, 0.5) is 4.48 Å². The predicted molar refractivity (Wildman–Crippen MR) is 39.8 cm³/mol. The Morgan fingerprint density at radius 1 is 1.09 bits per heavy atom. The lowest BCUT2D eigenvalue weighted by molar-refractivity contribution is 0.0477. The fourth-order valence-electron chi connectivity index (χ4n) is 0.516. The zero-order valence-corrected chi connectivity index (χ0v) is 6.51. The fraction of sp³-hybridized carbons (Fsp3) is 1.00. The first kappa shape index (κ1) is 10.8. The summed E-state index contributed by atoms with van der Waals surface area (Å²) in [6.07, 6.45) is 0. The highest BCUT2D eigenvalue weighted by Gasteiger charge is 1.87. The van der Waals surface area contributed by atoms with Gasteiger partial charge in [0.05, 0.1) is 26.4 Å². The Morgan fingerprint density at radius 2 is 1.73 bits per heavy atom. The summed E-state index contributed by atoms with van der Waals surface area (Å²) in [6.45, 7) is 2.65. The number of ether oxygens (including phenoxy) is 2. The molecule has 0 aliphatic heterocycles. The summed E-state index contributed by atoms with van der Waals surface area (Å²) < 4.78 is 21.2. The van der Waals surface area contributed by atoms with Crippen molar-refractivity contribution in [3.63, 3.8) is 0 Å². The quantitative estimate of drug-likeness (QED) is 0.375. The number of nitrogens with two attached hydrogens (primary N) is 1. The Bertz CT molecular complexity index is 67.6. The third kappa shape index (κ3) is 9.77. The van der Waals surface area contributed by atoms with Gasteiger partial charge in [-0.05, 0) is 0 Å². The molecule has 0 bridgehead atoms. The molecule has 0 saturated heterocycles. The lowest BCUT2D eigenvalue weighted by atomic mass is 10.7. The SMILES string of the molecule is NCCOCCOCCNF. The molecule has 0 heterocycles. The van der Waals surface area contributed by atoms with Crippen LogP contribution in [0.15, 0.2) is 0 Å². The standard InChI is InChI=1S/C6H15FN2O2/c7-9-2-4-11-6-5-10-3-1-8/h9H,1-6,8H2. The van der Waals surface area contributed by atoms with Crippen molar-refractivity contribution in [3.8, 4) is 0 Å². The highest BCUT2D eigenvalue weighted by molar-refractivity contribution is 4.34. The molecule has 3 N–H and O–H groups in total. The Hall–Kier alpha value is -0.230. The first-order chi connectivity index (χ1) is 5.41. The van der Waals surface area contributed by atoms with Crippen LogP contribution in [0.3, 0.4) is 0 Å². The minimum Gasteiger partial charge on any atom is -0.378 e. The second-order valence-electron chi connectivity index (χ2n) is 1.90. The highest BCUT2D eigenvalue weighted by atomic mass is 19.2. The molecule has 0 aromatic heterocycles. The van der Waals surface area contributed by atoms with E-state index in [1.165, 1.54) is 5.54 Å². The first-order valence-electron chi connectivity index (χ1n) is 3.61. The van der Waals surface area contributed by atoms with Gasteiger partial charge in [-0.25, -0.2) is 0 Å². The maximum absolute atomic E-state index is 11.2. The van der Waals surface area contributed by atoms with Crippen LogP contribution in [0.1, 0.15) is 0 Å². The minimum absolute atomic E-state index is 0.219. The van der Waals surface area contributed by atoms with Crippen molar-refractivity contribution >= 4 is 0 Å². The van der Waals surface area contributed by atoms with Crippen molar-refractivity contribution in [2.45, 2.75) is 0 Å². The van der Waals surface area contributed by atoms with Gasteiger partial charge in [0.2, 0.25) is 0 Å². The summed E-state index contributed by atoms with van der Waals surface area (Å²) in [6, 6.07) is 0. The zero-order chi connectivity index (χ0) is 8.36. The van der Waals surface area contributed by atoms with E-state index in [-0.39, 0.29) is 6.54 Å². The average Bonchev–Trinajstić information content (AvgIpc) is 2.03. The van der Waals surface area contributed by atoms with Gasteiger partial charge in [0.15, 0.2) is 0 Å². The van der Waals surface area contributed by atoms with Crippen LogP contribution in [0.25, 0.3) is 0 Å². The molecule has 0 aliphatic rings. The topological polar surface area (TPSA) is 56.5 Å². The third-order valence-electron chi connectivity index (χ3n) is 0.975. The van der Waals surface area contributed by atoms with E-state index < -0.39 is 0 Å². The average molecular weight is 166 g/mol. The van der Waals surface area contributed by atoms with Gasteiger partial charge in [0.25, 0.3) is 0 Å². The van der Waals surface area contributed by atoms with Gasteiger partial charge in [-0.1, -0.05) is 0 Å². The molecule has 0 fully saturated rings. The van der Waals surface area contributed by atoms with E-state index >= 15 is 0 Å². The summed E-state index contributed by atoms with van der Waals surface area (Å²) in [5.74, 6) is 0. The fourth-order valence-corrected chi connectivity index (χ4v) is 0.516. The summed E-state index contributed by atoms with van der Waals surface area (Å²) in [7, 11) is 0. The molecule has 0 radical (unpaired) electrons. The van der Waals surface area contributed by atoms with E-state index in [4.69, 9.17) is 15.2 Å². The van der Waals surface area contributed by atoms with Crippen molar-refractivity contribution in [2.75, 3.05) is 39.5 Å². The van der Waals surface area contributed by atoms with Gasteiger partial charge in [-0.3, -0.25) is 0 Å². The molecule has 5 heteroatoms. The van der Waals surface area contributed by atoms with Crippen LogP contribution >= 0.6 is 0 Å². The molecule has 0 saturated carbocycles. The van der Waals surface area contributed by atoms with Crippen molar-refractivity contribution in [2.24, 2.45) is 5.73 Å². The van der Waals surface area contributed by atoms with Gasteiger partial charge in [-0.15, -0.1) is 4.48 Å². The molecule has 0 aliphatic carbocycles. The molecule has 11 heavy (non-hydrogen) atoms. The van der Waals surface area contributed by atoms with Gasteiger partial charge in [0.1, 0.15) is 0 Å². The molecular formula is C6H15FN2O2. The van der Waals surface area contributed by atoms with Crippen molar-refractivity contribution in [1.82, 2.24) is 5.54 Å². The third-order valence-corrected chi connectivity index (χ3v) is 0.975. The lowest BCUT2D eigenvalue weighted by Crippen LogP contribution is -2.15. The molecule has 0 rings (SSSR count). The van der Waals surface area contributed by atoms with E-state index in [2.05, 4.69) is 0 Å². The van der Waals surface area contributed by atoms with Gasteiger partial charge >= 0.3 is 0 Å². The molecule has 0 amide bonds. The molecule has 0 aromatic carbocycles. The Morgan fingerprint density at radius 3 is 2.27 bits per heavy atom. The number of rotatable bonds is 8. The van der Waals surface area contributed by atoms with Crippen LogP contribution < -0.4 is 11.3 Å². The minimum atomic E-state index is 0.219. The van der Waals surface area contributed by atoms with Gasteiger partial charge in [0, 0.05) is 13.1 Å². The molecular weight excluding hydrogens is 151 g/mol. The zero-order valence-electron chi connectivity index (χ0n) is 6.51. The first-order valence-corrected chi connectivity index (χ1v) is 3.61. The van der Waals surface area contributed by atoms with E-state index in [0.29, 0.717) is 33.0 Å². The Labute approximate surface area is 65.8 Å². The largest absolute Gasteiger partial charge is 0.378 e. The second kappa shape index (κ2) is 9.77. The summed E-state index contributed by atoms with van der Waals surface area (Å²) in [5.41, 5.74) is 6.65. The van der Waals surface area contributed by atoms with Gasteiger partial charge < -0.3 is 15.2 Å². The van der Waals surface area contributed by atoms with E-state index in [1.807, 2.05) is 0 Å². The Balaban J connectivity index is 2.69. The smallest absolute Gasteiger partial charge is 0.0701 e. The summed E-state index contributed by atoms with van der Waals surface area (Å²) in [4.78, 5) is 0. The van der Waals surface area contributed by atoms with Crippen molar-refractivity contribution in [3.05, 3.63) is 0 Å². The predicted octanol–water partition coefficient (Wildman–Crippen LogP) is -0.548. The summed E-state index contributed by atoms with van der Waals surface area (Å²) in [5, 5.41) is 0. The maximum Gasteiger partial charge on any atom is 0.0701 e. The molecule has 0 aromatic rings. The van der Waals surface area contributed by atoms with Crippen molar-refractivity contribution in [1.29, 1.82) is 0 Å². The van der Waals surface area contributed by atoms with Gasteiger partial charge in [-0.2, -0.15) is 5.54 Å². The second-order valence-corrected chi connectivity index (χ2v) is 1.90. The van der Waals surface area contributed by atoms with E-state index in [1.54, 1.807) is 0 Å². The normalized spacial score (nSPS) is 10.4. The van der Waals surface area contributed by atoms with E-state index in [0.717, 1.165) is 0 Å². The number of nitrogens with one attached hydrogen (secondary N) is 1. The van der Waals surface area contributed by atoms with Crippen LogP contribution in [0, 0.1) is 0 Å². The molecule has 0 atom stereocenters. The summed E-state index contributed by atoms with van der Waals surface area (Å²) >= 11 is 0. The van der Waals surface area contributed by atoms with Crippen LogP contribution in [-0.4, -0.2) is 39.5 Å². The van der Waals surface area contributed by atoms with Crippen molar-refractivity contribution < 1.29 is 14.0 Å². The molecule has 0 spiro atoms. The molecule has 68 valence electrons. The highest BCUT2D eigenvalue weighted by Crippen LogP contribution is 1.76. The molecule has 4 nitrogen and oxygen atoms in total. The van der Waals surface area contributed by atoms with Crippen LogP contribution in [0.5, 0.6) is 0 Å². The molecule has 0 unspecified atom stereocenters. The Kier molecular flexibility index (Phi) is 9.57. The monoisotopic (exact) mass is 166 g/mol.